The molecule has 0 saturated heterocycles. The molecule has 0 bridgehead atoms. The summed E-state index contributed by atoms with van der Waals surface area (Å²) < 4.78 is 50.1. The zero-order valence-corrected chi connectivity index (χ0v) is 9.47. The number of hydrogen-bond acceptors (Lipinski definition) is 1. The molecule has 1 aromatic rings. The van der Waals surface area contributed by atoms with E-state index in [4.69, 9.17) is 0 Å². The summed E-state index contributed by atoms with van der Waals surface area (Å²) in [5.74, 6) is -0.414. The molecule has 1 aromatic carbocycles. The zero-order valence-electron chi connectivity index (χ0n) is 9.47. The maximum atomic E-state index is 13.3. The van der Waals surface area contributed by atoms with E-state index >= 15 is 0 Å². The van der Waals surface area contributed by atoms with Gasteiger partial charge in [0.05, 0.1) is 0 Å². The summed E-state index contributed by atoms with van der Waals surface area (Å²) in [6.45, 7) is -2.21. The largest absolute Gasteiger partial charge is 0.506 e. The third kappa shape index (κ3) is 4.22. The Hall–Kier alpha value is -1.30. The monoisotopic (exact) mass is 246 g/mol. The van der Waals surface area contributed by atoms with Gasteiger partial charge in [0.1, 0.15) is 5.82 Å². The van der Waals surface area contributed by atoms with E-state index in [0.29, 0.717) is 5.56 Å². The molecule has 0 N–H and O–H groups in total. The average Bonchev–Trinajstić information content (AvgIpc) is 2.20. The van der Waals surface area contributed by atoms with E-state index < -0.39 is 18.3 Å². The molecule has 17 heavy (non-hydrogen) atoms. The zero-order chi connectivity index (χ0) is 13.1. The number of nitrogens with zero attached hydrogens (tertiary/aromatic N) is 1. The summed E-state index contributed by atoms with van der Waals surface area (Å²) in [6, 6.07) is 6.02. The van der Waals surface area contributed by atoms with Crippen LogP contribution in [0.2, 0.25) is 0 Å². The smallest absolute Gasteiger partial charge is 0.445 e. The topological polar surface area (TPSA) is 3.24 Å². The van der Waals surface area contributed by atoms with Gasteiger partial charge in [-0.15, -0.1) is 12.1 Å². The van der Waals surface area contributed by atoms with E-state index in [0.717, 1.165) is 0 Å². The number of halogens is 4. The van der Waals surface area contributed by atoms with Gasteiger partial charge in [0.15, 0.2) is 0 Å². The van der Waals surface area contributed by atoms with Gasteiger partial charge in [-0.25, -0.2) is 4.39 Å². The fourth-order valence-corrected chi connectivity index (χ4v) is 1.42. The molecular weight excluding hydrogens is 233 g/mol. The first kappa shape index (κ1) is 13.8. The van der Waals surface area contributed by atoms with Crippen LogP contribution in [0.25, 0.3) is 0 Å². The minimum atomic E-state index is -5.02. The van der Waals surface area contributed by atoms with Crippen LogP contribution >= 0.6 is 0 Å². The Morgan fingerprint density at radius 3 is 2.41 bits per heavy atom. The van der Waals surface area contributed by atoms with Gasteiger partial charge in [0.2, 0.25) is 0 Å². The highest BCUT2D eigenvalue weighted by molar-refractivity contribution is 6.66. The van der Waals surface area contributed by atoms with Crippen LogP contribution in [0.4, 0.5) is 17.3 Å². The summed E-state index contributed by atoms with van der Waals surface area (Å²) in [6.07, 6.45) is 0. The molecule has 0 aliphatic heterocycles. The molecule has 0 heterocycles. The van der Waals surface area contributed by atoms with Crippen molar-refractivity contribution in [3.8, 4) is 0 Å². The maximum Gasteiger partial charge on any atom is 0.506 e. The molecule has 0 fully saturated rings. The van der Waals surface area contributed by atoms with Crippen LogP contribution in [0, 0.1) is 5.82 Å². The number of benzene rings is 1. The van der Waals surface area contributed by atoms with E-state index in [2.05, 4.69) is 6.58 Å². The average molecular weight is 246 g/mol. The van der Waals surface area contributed by atoms with Crippen molar-refractivity contribution in [1.82, 2.24) is 4.90 Å². The Bertz CT molecular complexity index is 403. The normalized spacial score (nSPS) is 11.9. The minimum Gasteiger partial charge on any atom is -0.445 e. The van der Waals surface area contributed by atoms with Crippen LogP contribution in [0.1, 0.15) is 5.56 Å². The second-order valence-electron chi connectivity index (χ2n) is 4.00. The quantitative estimate of drug-likeness (QED) is 0.569. The maximum absolute atomic E-state index is 13.3. The first-order chi connectivity index (χ1) is 7.80. The fraction of sp³-hybridized carbons (Fsp3) is 0.273. The van der Waals surface area contributed by atoms with E-state index in [1.54, 1.807) is 12.1 Å². The molecular formula is C11H13BF4N-. The Balaban J connectivity index is 2.59. The van der Waals surface area contributed by atoms with E-state index in [1.807, 2.05) is 0 Å². The molecule has 6 heteroatoms. The van der Waals surface area contributed by atoms with E-state index in [1.165, 1.54) is 24.1 Å². The van der Waals surface area contributed by atoms with E-state index in [9.17, 15) is 17.3 Å². The third-order valence-electron chi connectivity index (χ3n) is 2.33. The molecule has 0 atom stereocenters. The Labute approximate surface area is 97.8 Å². The lowest BCUT2D eigenvalue weighted by Crippen LogP contribution is -2.30. The molecule has 1 rings (SSSR count). The van der Waals surface area contributed by atoms with Gasteiger partial charge in [0.25, 0.3) is 0 Å². The Morgan fingerprint density at radius 2 is 1.88 bits per heavy atom. The molecule has 0 unspecified atom stereocenters. The number of likely N-dealkylation sites (N-methyl/N-ethyl adjacent to an activating group) is 1. The molecule has 0 aliphatic rings. The summed E-state index contributed by atoms with van der Waals surface area (Å²) in [7, 11) is 1.50. The molecule has 0 saturated carbocycles. The summed E-state index contributed by atoms with van der Waals surface area (Å²) in [5, 5.41) is 0. The van der Waals surface area contributed by atoms with Crippen molar-refractivity contribution in [2.75, 3.05) is 13.6 Å². The molecule has 0 aromatic heterocycles. The van der Waals surface area contributed by atoms with Crippen LogP contribution in [-0.2, 0) is 6.54 Å². The van der Waals surface area contributed by atoms with Crippen LogP contribution in [0.5, 0.6) is 0 Å². The van der Waals surface area contributed by atoms with Crippen molar-refractivity contribution >= 4 is 6.98 Å². The summed E-state index contributed by atoms with van der Waals surface area (Å²) >= 11 is 0. The molecule has 0 radical (unpaired) electrons. The van der Waals surface area contributed by atoms with E-state index in [-0.39, 0.29) is 13.1 Å². The van der Waals surface area contributed by atoms with Crippen LogP contribution < -0.4 is 0 Å². The number of hydrogen-bond donors (Lipinski definition) is 0. The lowest BCUT2D eigenvalue weighted by molar-refractivity contribution is 0.344. The summed E-state index contributed by atoms with van der Waals surface area (Å²) in [5.41, 5.74) is -0.402. The van der Waals surface area contributed by atoms with Crippen LogP contribution in [0.3, 0.4) is 0 Å². The van der Waals surface area contributed by atoms with Gasteiger partial charge in [-0.05, 0) is 19.7 Å². The lowest BCUT2D eigenvalue weighted by Gasteiger charge is -2.24. The van der Waals surface area contributed by atoms with Gasteiger partial charge in [-0.1, -0.05) is 18.2 Å². The predicted octanol–water partition coefficient (Wildman–Crippen LogP) is 3.20. The second-order valence-corrected chi connectivity index (χ2v) is 4.00. The molecule has 1 nitrogen and oxygen atoms in total. The number of rotatable bonds is 5. The first-order valence-corrected chi connectivity index (χ1v) is 5.10. The fourth-order valence-electron chi connectivity index (χ4n) is 1.42. The predicted molar refractivity (Wildman–Crippen MR) is 61.0 cm³/mol. The summed E-state index contributed by atoms with van der Waals surface area (Å²) in [4.78, 5) is 1.38. The standard InChI is InChI=1S/C11H13BF4N/c1-9(12(14,15)16)7-17(2)8-10-5-3-4-6-11(10)13/h3-6H,1,7-8H2,2H3/q-1. The van der Waals surface area contributed by atoms with Gasteiger partial charge in [0, 0.05) is 12.1 Å². The molecule has 0 spiro atoms. The third-order valence-corrected chi connectivity index (χ3v) is 2.33. The molecule has 0 amide bonds. The van der Waals surface area contributed by atoms with Crippen molar-refractivity contribution in [2.24, 2.45) is 0 Å². The van der Waals surface area contributed by atoms with Gasteiger partial charge < -0.3 is 17.8 Å². The van der Waals surface area contributed by atoms with Gasteiger partial charge >= 0.3 is 6.98 Å². The van der Waals surface area contributed by atoms with Crippen LogP contribution in [-0.4, -0.2) is 25.5 Å². The van der Waals surface area contributed by atoms with Crippen molar-refractivity contribution < 1.29 is 17.3 Å². The first-order valence-electron chi connectivity index (χ1n) is 5.10. The second kappa shape index (κ2) is 5.36. The van der Waals surface area contributed by atoms with Gasteiger partial charge in [-0.2, -0.15) is 0 Å². The Morgan fingerprint density at radius 1 is 1.29 bits per heavy atom. The van der Waals surface area contributed by atoms with Crippen molar-refractivity contribution in [1.29, 1.82) is 0 Å². The lowest BCUT2D eigenvalue weighted by atomic mass is 9.80. The van der Waals surface area contributed by atoms with Gasteiger partial charge in [-0.3, -0.25) is 0 Å². The van der Waals surface area contributed by atoms with Crippen LogP contribution in [0.15, 0.2) is 36.3 Å². The van der Waals surface area contributed by atoms with Crippen molar-refractivity contribution in [2.45, 2.75) is 6.54 Å². The molecule has 94 valence electrons. The SMILES string of the molecule is C=C(CN(C)Cc1ccccc1F)[B-](F)(F)F. The van der Waals surface area contributed by atoms with Crippen molar-refractivity contribution in [3.05, 3.63) is 47.7 Å². The minimum absolute atomic E-state index is 0.123. The molecule has 0 aliphatic carbocycles. The Kier molecular flexibility index (Phi) is 4.34. The van der Waals surface area contributed by atoms with Crippen molar-refractivity contribution in [3.63, 3.8) is 0 Å². The highest BCUT2D eigenvalue weighted by Crippen LogP contribution is 2.19. The highest BCUT2D eigenvalue weighted by atomic mass is 19.4. The highest BCUT2D eigenvalue weighted by Gasteiger charge is 2.27.